The molecule has 1 atom stereocenters. The molecular weight excluding hydrogens is 707 g/mol. The highest BCUT2D eigenvalue weighted by Gasteiger charge is 2.49. The summed E-state index contributed by atoms with van der Waals surface area (Å²) >= 11 is 0. The van der Waals surface area contributed by atoms with E-state index >= 15 is 0 Å². The number of para-hydroxylation sites is 1. The predicted octanol–water partition coefficient (Wildman–Crippen LogP) is 13.3. The Morgan fingerprint density at radius 2 is 1.10 bits per heavy atom. The van der Waals surface area contributed by atoms with Crippen molar-refractivity contribution in [1.29, 1.82) is 0 Å². The minimum atomic E-state index is -0.646. The van der Waals surface area contributed by atoms with Gasteiger partial charge in [-0.1, -0.05) is 164 Å². The smallest absolute Gasteiger partial charge is 0.160 e. The average Bonchev–Trinajstić information content (AvgIpc) is 3.78. The molecule has 0 saturated heterocycles. The summed E-state index contributed by atoms with van der Waals surface area (Å²) in [6.07, 6.45) is 8.23. The molecule has 12 rings (SSSR count). The molecular formula is C54H33N3O. The van der Waals surface area contributed by atoms with Gasteiger partial charge in [-0.15, -0.1) is 0 Å². The zero-order chi connectivity index (χ0) is 38.2. The van der Waals surface area contributed by atoms with Gasteiger partial charge in [-0.2, -0.15) is 0 Å². The fourth-order valence-corrected chi connectivity index (χ4v) is 9.44. The number of aromatic nitrogens is 3. The number of rotatable bonds is 4. The van der Waals surface area contributed by atoms with Gasteiger partial charge in [0.2, 0.25) is 0 Å². The van der Waals surface area contributed by atoms with Crippen LogP contribution in [0.4, 0.5) is 0 Å². The topological polar surface area (TPSA) is 51.8 Å². The van der Waals surface area contributed by atoms with Crippen molar-refractivity contribution in [3.05, 3.63) is 222 Å². The molecule has 10 aromatic rings. The van der Waals surface area contributed by atoms with E-state index in [2.05, 4.69) is 175 Å². The van der Waals surface area contributed by atoms with Crippen molar-refractivity contribution in [3.63, 3.8) is 0 Å². The van der Waals surface area contributed by atoms with Crippen molar-refractivity contribution in [2.75, 3.05) is 0 Å². The number of furan rings is 1. The number of pyridine rings is 1. The number of benzene rings is 7. The normalized spacial score (nSPS) is 14.9. The van der Waals surface area contributed by atoms with Gasteiger partial charge in [-0.25, -0.2) is 9.97 Å². The van der Waals surface area contributed by atoms with Gasteiger partial charge < -0.3 is 4.42 Å². The first-order valence-electron chi connectivity index (χ1n) is 19.7. The summed E-state index contributed by atoms with van der Waals surface area (Å²) in [4.78, 5) is 15.0. The molecule has 2 aliphatic rings. The highest BCUT2D eigenvalue weighted by atomic mass is 16.3. The minimum absolute atomic E-state index is 0.646. The fourth-order valence-electron chi connectivity index (χ4n) is 9.44. The van der Waals surface area contributed by atoms with Gasteiger partial charge in [0.1, 0.15) is 11.2 Å². The van der Waals surface area contributed by atoms with Crippen LogP contribution in [-0.4, -0.2) is 15.0 Å². The summed E-state index contributed by atoms with van der Waals surface area (Å²) in [5.41, 5.74) is 17.6. The molecule has 0 aliphatic heterocycles. The van der Waals surface area contributed by atoms with E-state index in [-0.39, 0.29) is 0 Å². The number of hydrogen-bond acceptors (Lipinski definition) is 4. The average molecular weight is 740 g/mol. The van der Waals surface area contributed by atoms with Crippen molar-refractivity contribution < 1.29 is 4.42 Å². The number of nitrogens with zero attached hydrogens (tertiary/aromatic N) is 3. The van der Waals surface area contributed by atoms with E-state index in [4.69, 9.17) is 14.4 Å². The summed E-state index contributed by atoms with van der Waals surface area (Å²) < 4.78 is 6.79. The number of fused-ring (bicyclic) bond motifs is 13. The zero-order valence-corrected chi connectivity index (χ0v) is 31.3. The van der Waals surface area contributed by atoms with Gasteiger partial charge in [-0.3, -0.25) is 4.98 Å². The molecule has 1 spiro atoms. The Bertz CT molecular complexity index is 3270. The van der Waals surface area contributed by atoms with Crippen LogP contribution in [0.5, 0.6) is 0 Å². The predicted molar refractivity (Wildman–Crippen MR) is 235 cm³/mol. The third-order valence-corrected chi connectivity index (χ3v) is 12.0. The molecule has 4 heteroatoms. The molecule has 3 aromatic heterocycles. The molecule has 0 radical (unpaired) electrons. The third kappa shape index (κ3) is 4.79. The van der Waals surface area contributed by atoms with Crippen LogP contribution in [0, 0.1) is 0 Å². The van der Waals surface area contributed by atoms with Crippen LogP contribution in [0.2, 0.25) is 0 Å². The highest BCUT2D eigenvalue weighted by molar-refractivity contribution is 6.12. The van der Waals surface area contributed by atoms with Crippen LogP contribution in [0.25, 0.3) is 90.2 Å². The van der Waals surface area contributed by atoms with Crippen molar-refractivity contribution in [1.82, 2.24) is 15.0 Å². The van der Waals surface area contributed by atoms with Crippen LogP contribution >= 0.6 is 0 Å². The van der Waals surface area contributed by atoms with Crippen LogP contribution in [0.15, 0.2) is 193 Å². The van der Waals surface area contributed by atoms with E-state index in [0.717, 1.165) is 72.3 Å². The van der Waals surface area contributed by atoms with Gasteiger partial charge in [-0.05, 0) is 74.3 Å². The lowest BCUT2D eigenvalue weighted by Crippen LogP contribution is -2.30. The largest absolute Gasteiger partial charge is 0.455 e. The van der Waals surface area contributed by atoms with Gasteiger partial charge in [0.25, 0.3) is 0 Å². The number of hydrogen-bond donors (Lipinski definition) is 0. The lowest BCUT2D eigenvalue weighted by molar-refractivity contribution is 0.669. The van der Waals surface area contributed by atoms with Crippen molar-refractivity contribution in [2.24, 2.45) is 0 Å². The molecule has 0 N–H and O–H groups in total. The van der Waals surface area contributed by atoms with Crippen LogP contribution in [-0.2, 0) is 5.41 Å². The van der Waals surface area contributed by atoms with Gasteiger partial charge in [0.15, 0.2) is 5.82 Å². The quantitative estimate of drug-likeness (QED) is 0.180. The summed E-state index contributed by atoms with van der Waals surface area (Å²) in [6.45, 7) is 0. The van der Waals surface area contributed by atoms with Crippen molar-refractivity contribution in [3.8, 4) is 56.2 Å². The Morgan fingerprint density at radius 1 is 0.431 bits per heavy atom. The van der Waals surface area contributed by atoms with Crippen molar-refractivity contribution >= 4 is 34.1 Å². The second-order valence-electron chi connectivity index (χ2n) is 15.1. The zero-order valence-electron chi connectivity index (χ0n) is 31.3. The maximum absolute atomic E-state index is 6.79. The van der Waals surface area contributed by atoms with E-state index in [9.17, 15) is 0 Å². The Hall–Kier alpha value is -7.69. The lowest BCUT2D eigenvalue weighted by atomic mass is 9.65. The Kier molecular flexibility index (Phi) is 7.11. The molecule has 0 bridgehead atoms. The molecule has 58 heavy (non-hydrogen) atoms. The molecule has 0 amide bonds. The molecule has 2 aliphatic carbocycles. The molecule has 0 saturated carbocycles. The first kappa shape index (κ1) is 32.5. The Balaban J connectivity index is 1.11. The van der Waals surface area contributed by atoms with Crippen molar-refractivity contribution in [2.45, 2.75) is 5.41 Å². The first-order valence-corrected chi connectivity index (χ1v) is 19.7. The summed E-state index contributed by atoms with van der Waals surface area (Å²) in [7, 11) is 0. The fraction of sp³-hybridized carbons (Fsp3) is 0.0185. The van der Waals surface area contributed by atoms with Gasteiger partial charge in [0.05, 0.1) is 16.8 Å². The SMILES string of the molecule is C1=Cc2ccc(-c3nc(-c4ccccc4)cc(-c4ccc(-c5cccnc5)cc4)n3)cc2C2(c3ccccc31)c1ccccc1-c1c2ccc2c1oc1ccccc12. The molecule has 3 heterocycles. The minimum Gasteiger partial charge on any atom is -0.455 e. The van der Waals surface area contributed by atoms with E-state index < -0.39 is 5.41 Å². The van der Waals surface area contributed by atoms with E-state index in [1.807, 2.05) is 24.4 Å². The molecule has 1 unspecified atom stereocenters. The molecule has 4 nitrogen and oxygen atoms in total. The van der Waals surface area contributed by atoms with Crippen LogP contribution in [0.1, 0.15) is 33.4 Å². The maximum atomic E-state index is 6.79. The van der Waals surface area contributed by atoms with Crippen LogP contribution in [0.3, 0.4) is 0 Å². The van der Waals surface area contributed by atoms with E-state index in [1.54, 1.807) is 6.20 Å². The third-order valence-electron chi connectivity index (χ3n) is 12.0. The first-order chi connectivity index (χ1) is 28.7. The molecule has 0 fully saturated rings. The monoisotopic (exact) mass is 739 g/mol. The van der Waals surface area contributed by atoms with Gasteiger partial charge >= 0.3 is 0 Å². The Morgan fingerprint density at radius 3 is 1.93 bits per heavy atom. The second kappa shape index (κ2) is 12.7. The summed E-state index contributed by atoms with van der Waals surface area (Å²) in [5, 5.41) is 2.25. The van der Waals surface area contributed by atoms with E-state index in [1.165, 1.54) is 33.4 Å². The summed E-state index contributed by atoms with van der Waals surface area (Å²) in [6, 6.07) is 62.5. The molecule has 270 valence electrons. The molecule has 7 aromatic carbocycles. The van der Waals surface area contributed by atoms with Gasteiger partial charge in [0, 0.05) is 45.4 Å². The lowest BCUT2D eigenvalue weighted by Gasteiger charge is -2.35. The van der Waals surface area contributed by atoms with E-state index in [0.29, 0.717) is 5.82 Å². The maximum Gasteiger partial charge on any atom is 0.160 e. The van der Waals surface area contributed by atoms with Crippen LogP contribution < -0.4 is 0 Å². The highest BCUT2D eigenvalue weighted by Crippen LogP contribution is 2.60. The second-order valence-corrected chi connectivity index (χ2v) is 15.1. The summed E-state index contributed by atoms with van der Waals surface area (Å²) in [5.74, 6) is 0.673. The Labute approximate surface area is 335 Å². The standard InChI is InChI=1S/C54H33N3O/c1-2-12-37(13-3-1)48-32-49(38-25-20-34(21-26-38)40-14-10-30-55-33-40)57-53(56-48)39-27-24-36-23-22-35-11-4-7-17-44(35)54(47(36)31-39)45-18-8-5-16-43(45)51-46(54)29-28-42-41-15-6-9-19-50(41)58-52(42)51/h1-33H.